The van der Waals surface area contributed by atoms with Gasteiger partial charge in [0.15, 0.2) is 17.3 Å². The highest BCUT2D eigenvalue weighted by atomic mass is 32.1. The number of aromatic carboxylic acids is 1. The average Bonchev–Trinajstić information content (AvgIpc) is 3.64. The third kappa shape index (κ3) is 4.35. The molecule has 0 saturated heterocycles. The van der Waals surface area contributed by atoms with E-state index in [1.807, 2.05) is 24.4 Å². The van der Waals surface area contributed by atoms with E-state index in [1.165, 1.54) is 0 Å². The quantitative estimate of drug-likeness (QED) is 0.281. The molecule has 6 rings (SSSR count). The Morgan fingerprint density at radius 3 is 2.44 bits per heavy atom. The highest BCUT2D eigenvalue weighted by molar-refractivity contribution is 7.10. The number of nitrogens with zero attached hydrogens (tertiary/aromatic N) is 2. The number of para-hydroxylation sites is 1. The van der Waals surface area contributed by atoms with E-state index in [4.69, 9.17) is 19.3 Å². The van der Waals surface area contributed by atoms with Gasteiger partial charge in [0, 0.05) is 51.6 Å². The molecule has 41 heavy (non-hydrogen) atoms. The van der Waals surface area contributed by atoms with Gasteiger partial charge in [0.25, 0.3) is 0 Å². The van der Waals surface area contributed by atoms with Gasteiger partial charge in [-0.1, -0.05) is 18.2 Å². The second-order valence-electron chi connectivity index (χ2n) is 10.0. The van der Waals surface area contributed by atoms with Crippen molar-refractivity contribution in [1.29, 1.82) is 0 Å². The molecule has 0 spiro atoms. The van der Waals surface area contributed by atoms with Crippen molar-refractivity contribution in [2.24, 2.45) is 0 Å². The van der Waals surface area contributed by atoms with Gasteiger partial charge in [0.1, 0.15) is 11.6 Å². The number of ketones is 1. The van der Waals surface area contributed by atoms with E-state index >= 15 is 0 Å². The number of rotatable bonds is 7. The number of Topliss-reactive ketones (excluding diaryl/α,β-unsaturated/α-hetero) is 1. The van der Waals surface area contributed by atoms with Crippen LogP contribution in [0, 0.1) is 6.92 Å². The Morgan fingerprint density at radius 1 is 1.02 bits per heavy atom. The Morgan fingerprint density at radius 2 is 1.76 bits per heavy atom. The van der Waals surface area contributed by atoms with Crippen LogP contribution in [0.15, 0.2) is 65.2 Å². The molecule has 0 bridgehead atoms. The molecule has 0 radical (unpaired) electrons. The lowest BCUT2D eigenvalue weighted by Crippen LogP contribution is -2.30. The molecule has 9 nitrogen and oxygen atoms in total. The number of carbonyl (C=O) groups is 2. The highest BCUT2D eigenvalue weighted by Gasteiger charge is 2.43. The molecule has 0 fully saturated rings. The number of methoxy groups -OCH3 is 3. The number of carboxylic acids is 1. The van der Waals surface area contributed by atoms with Crippen molar-refractivity contribution in [1.82, 2.24) is 9.78 Å². The molecule has 2 N–H and O–H groups in total. The summed E-state index contributed by atoms with van der Waals surface area (Å²) in [6.07, 6.45) is 1.01. The van der Waals surface area contributed by atoms with Gasteiger partial charge in [-0.05, 0) is 43.0 Å². The summed E-state index contributed by atoms with van der Waals surface area (Å²) in [5.41, 5.74) is 4.17. The minimum Gasteiger partial charge on any atom is -0.496 e. The SMILES string of the molecule is COc1cc(OC)c([C@@H]2C3=C(C[C@@H](c4cccs4)CC3=O)Nc3c2c(C)nn3-c2ccccc2C(=O)O)cc1OC. The summed E-state index contributed by atoms with van der Waals surface area (Å²) >= 11 is 1.64. The summed E-state index contributed by atoms with van der Waals surface area (Å²) in [5.74, 6) is 0.670. The van der Waals surface area contributed by atoms with E-state index in [0.717, 1.165) is 21.7 Å². The first-order valence-corrected chi connectivity index (χ1v) is 14.0. The van der Waals surface area contributed by atoms with Crippen LogP contribution in [0.3, 0.4) is 0 Å². The summed E-state index contributed by atoms with van der Waals surface area (Å²) in [4.78, 5) is 27.4. The maximum atomic E-state index is 14.0. The maximum absolute atomic E-state index is 14.0. The molecule has 2 aromatic carbocycles. The summed E-state index contributed by atoms with van der Waals surface area (Å²) in [5, 5.41) is 20.3. The lowest BCUT2D eigenvalue weighted by Gasteiger charge is -2.36. The van der Waals surface area contributed by atoms with Crippen LogP contribution in [-0.4, -0.2) is 48.0 Å². The van der Waals surface area contributed by atoms with Crippen LogP contribution in [0.2, 0.25) is 0 Å². The second kappa shape index (κ2) is 10.4. The number of nitrogens with one attached hydrogen (secondary N) is 1. The van der Waals surface area contributed by atoms with Crippen LogP contribution < -0.4 is 19.5 Å². The molecule has 0 amide bonds. The summed E-state index contributed by atoms with van der Waals surface area (Å²) < 4.78 is 18.7. The highest BCUT2D eigenvalue weighted by Crippen LogP contribution is 2.53. The van der Waals surface area contributed by atoms with Gasteiger partial charge >= 0.3 is 5.97 Å². The van der Waals surface area contributed by atoms with Gasteiger partial charge in [-0.25, -0.2) is 9.48 Å². The number of aromatic nitrogens is 2. The van der Waals surface area contributed by atoms with E-state index in [9.17, 15) is 14.7 Å². The van der Waals surface area contributed by atoms with Crippen LogP contribution in [-0.2, 0) is 4.79 Å². The van der Waals surface area contributed by atoms with E-state index in [-0.39, 0.29) is 17.3 Å². The zero-order valence-electron chi connectivity index (χ0n) is 23.1. The van der Waals surface area contributed by atoms with Gasteiger partial charge in [-0.15, -0.1) is 11.3 Å². The zero-order chi connectivity index (χ0) is 28.8. The van der Waals surface area contributed by atoms with Gasteiger partial charge in [0.05, 0.1) is 38.3 Å². The van der Waals surface area contributed by atoms with Crippen molar-refractivity contribution in [3.05, 3.63) is 92.4 Å². The molecule has 10 heteroatoms. The van der Waals surface area contributed by atoms with Gasteiger partial charge in [0.2, 0.25) is 0 Å². The van der Waals surface area contributed by atoms with E-state index in [1.54, 1.807) is 67.7 Å². The Bertz CT molecular complexity index is 1700. The number of thiophene rings is 1. The zero-order valence-corrected chi connectivity index (χ0v) is 23.9. The van der Waals surface area contributed by atoms with Crippen molar-refractivity contribution < 1.29 is 28.9 Å². The lowest BCUT2D eigenvalue weighted by molar-refractivity contribution is -0.116. The number of fused-ring (bicyclic) bond motifs is 1. The number of carboxylic acid groups (broad SMARTS) is 1. The van der Waals surface area contributed by atoms with Crippen molar-refractivity contribution in [3.63, 3.8) is 0 Å². The first-order valence-electron chi connectivity index (χ1n) is 13.1. The topological polar surface area (TPSA) is 112 Å². The minimum atomic E-state index is -1.05. The second-order valence-corrected chi connectivity index (χ2v) is 11.0. The monoisotopic (exact) mass is 571 g/mol. The number of benzene rings is 2. The van der Waals surface area contributed by atoms with Crippen molar-refractivity contribution in [2.75, 3.05) is 26.6 Å². The summed E-state index contributed by atoms with van der Waals surface area (Å²) in [6, 6.07) is 14.4. The predicted octanol–water partition coefficient (Wildman–Crippen LogP) is 5.92. The van der Waals surface area contributed by atoms with Crippen molar-refractivity contribution >= 4 is 28.9 Å². The number of hydrogen-bond donors (Lipinski definition) is 2. The molecule has 4 aromatic rings. The predicted molar refractivity (Wildman–Crippen MR) is 155 cm³/mol. The Hall–Kier alpha value is -4.57. The Labute approximate surface area is 241 Å². The smallest absolute Gasteiger partial charge is 0.337 e. The third-order valence-electron chi connectivity index (χ3n) is 7.82. The first-order chi connectivity index (χ1) is 19.9. The average molecular weight is 572 g/mol. The van der Waals surface area contributed by atoms with Crippen LogP contribution in [0.4, 0.5) is 5.82 Å². The normalized spacial score (nSPS) is 17.9. The fourth-order valence-electron chi connectivity index (χ4n) is 6.00. The standard InChI is InChI=1S/C31H29N3O6S/c1-16-27-28(19-14-24(39-3)25(40-4)15-23(19)38-2)29-20(12-17(13-22(29)35)26-10-7-11-41-26)32-30(27)34(33-16)21-9-6-5-8-18(21)31(36)37/h5-11,14-15,17,28,32H,12-13H2,1-4H3,(H,36,37)/t17-,28+/m1/s1. The molecule has 2 aromatic heterocycles. The first kappa shape index (κ1) is 26.6. The van der Waals surface area contributed by atoms with Crippen LogP contribution in [0.5, 0.6) is 17.2 Å². The van der Waals surface area contributed by atoms with E-state index in [2.05, 4.69) is 11.4 Å². The third-order valence-corrected chi connectivity index (χ3v) is 8.85. The number of allylic oxidation sites excluding steroid dienone is 2. The van der Waals surface area contributed by atoms with Crippen LogP contribution >= 0.6 is 11.3 Å². The number of hydrogen-bond acceptors (Lipinski definition) is 8. The molecule has 0 saturated carbocycles. The Kier molecular flexibility index (Phi) is 6.78. The summed E-state index contributed by atoms with van der Waals surface area (Å²) in [7, 11) is 4.71. The molecule has 2 atom stereocenters. The van der Waals surface area contributed by atoms with Gasteiger partial charge in [-0.3, -0.25) is 4.79 Å². The lowest BCUT2D eigenvalue weighted by atomic mass is 9.73. The van der Waals surface area contributed by atoms with E-state index < -0.39 is 11.9 Å². The largest absolute Gasteiger partial charge is 0.496 e. The number of aryl methyl sites for hydroxylation is 1. The maximum Gasteiger partial charge on any atom is 0.337 e. The molecule has 0 unspecified atom stereocenters. The summed E-state index contributed by atoms with van der Waals surface area (Å²) in [6.45, 7) is 1.87. The van der Waals surface area contributed by atoms with Crippen molar-refractivity contribution in [2.45, 2.75) is 31.6 Å². The van der Waals surface area contributed by atoms with Crippen molar-refractivity contribution in [3.8, 4) is 22.9 Å². The van der Waals surface area contributed by atoms with E-state index in [0.29, 0.717) is 52.9 Å². The minimum absolute atomic E-state index is 0.0343. The fraction of sp³-hybridized carbons (Fsp3) is 0.258. The van der Waals surface area contributed by atoms with Crippen LogP contribution in [0.25, 0.3) is 5.69 Å². The number of ether oxygens (including phenoxy) is 3. The van der Waals surface area contributed by atoms with Crippen LogP contribution in [0.1, 0.15) is 56.7 Å². The molecule has 1 aliphatic carbocycles. The van der Waals surface area contributed by atoms with Gasteiger partial charge in [-0.2, -0.15) is 5.10 Å². The molecule has 210 valence electrons. The molecular formula is C31H29N3O6S. The fourth-order valence-corrected chi connectivity index (χ4v) is 6.83. The molecule has 2 aliphatic rings. The molecule has 3 heterocycles. The molecule has 1 aliphatic heterocycles. The number of anilines is 1. The Balaban J connectivity index is 1.62. The van der Waals surface area contributed by atoms with Gasteiger partial charge < -0.3 is 24.6 Å². The molecular weight excluding hydrogens is 542 g/mol. The number of carbonyl (C=O) groups excluding carboxylic acids is 1.